The van der Waals surface area contributed by atoms with Gasteiger partial charge >= 0.3 is 17.8 Å². The van der Waals surface area contributed by atoms with Crippen LogP contribution in [0.5, 0.6) is 5.75 Å². The summed E-state index contributed by atoms with van der Waals surface area (Å²) in [6.45, 7) is 3.00. The normalized spacial score (nSPS) is 22.0. The molecule has 3 aliphatic rings. The highest BCUT2D eigenvalue weighted by Gasteiger charge is 2.41. The number of nitrogen functional groups attached to an aromatic ring is 1. The molecule has 0 radical (unpaired) electrons. The van der Waals surface area contributed by atoms with Gasteiger partial charge in [-0.05, 0) is 49.1 Å². The minimum absolute atomic E-state index is 0.0681. The van der Waals surface area contributed by atoms with Crippen LogP contribution < -0.4 is 25.2 Å². The van der Waals surface area contributed by atoms with Gasteiger partial charge in [-0.3, -0.25) is 29.0 Å². The zero-order valence-electron chi connectivity index (χ0n) is 22.2. The molecule has 2 aromatic rings. The second-order valence-corrected chi connectivity index (χ2v) is 10.6. The van der Waals surface area contributed by atoms with Crippen LogP contribution in [0.2, 0.25) is 5.02 Å². The van der Waals surface area contributed by atoms with E-state index in [2.05, 4.69) is 4.90 Å². The molecule has 2 heterocycles. The van der Waals surface area contributed by atoms with E-state index in [4.69, 9.17) is 22.1 Å². The highest BCUT2D eigenvalue weighted by molar-refractivity contribution is 6.46. The molecule has 3 amide bonds. The number of aliphatic hydroxyl groups is 1. The van der Waals surface area contributed by atoms with E-state index < -0.39 is 17.8 Å². The summed E-state index contributed by atoms with van der Waals surface area (Å²) in [6.07, 6.45) is 1.97. The Kier molecular flexibility index (Phi) is 7.97. The summed E-state index contributed by atoms with van der Waals surface area (Å²) in [6, 6.07) is 9.74. The Hall–Kier alpha value is -3.67. The lowest BCUT2D eigenvalue weighted by Crippen LogP contribution is -2.59. The Morgan fingerprint density at radius 3 is 2.40 bits per heavy atom. The number of carbonyl (C=O) groups is 4. The highest BCUT2D eigenvalue weighted by atomic mass is 35.5. The lowest BCUT2D eigenvalue weighted by atomic mass is 9.79. The second kappa shape index (κ2) is 11.4. The average molecular weight is 570 g/mol. The zero-order valence-corrected chi connectivity index (χ0v) is 23.0. The lowest BCUT2D eigenvalue weighted by Gasteiger charge is -2.47. The van der Waals surface area contributed by atoms with Crippen molar-refractivity contribution in [3.63, 3.8) is 0 Å². The van der Waals surface area contributed by atoms with Crippen molar-refractivity contribution < 1.29 is 29.0 Å². The molecule has 2 saturated heterocycles. The van der Waals surface area contributed by atoms with Crippen LogP contribution in [0, 0.1) is 5.92 Å². The Balaban J connectivity index is 1.46. The van der Waals surface area contributed by atoms with Crippen LogP contribution in [0.1, 0.15) is 26.2 Å². The molecule has 3 fully saturated rings. The van der Waals surface area contributed by atoms with Crippen LogP contribution >= 0.6 is 11.6 Å². The van der Waals surface area contributed by atoms with Crippen molar-refractivity contribution in [3.05, 3.63) is 41.4 Å². The number of hydrogen-bond acceptors (Lipinski definition) is 8. The minimum atomic E-state index is -0.849. The van der Waals surface area contributed by atoms with Gasteiger partial charge in [-0.2, -0.15) is 0 Å². The lowest BCUT2D eigenvalue weighted by molar-refractivity contribution is -0.137. The van der Waals surface area contributed by atoms with Gasteiger partial charge in [0, 0.05) is 50.3 Å². The third-order valence-electron chi connectivity index (χ3n) is 7.89. The number of ether oxygens (including phenoxy) is 1. The smallest absolute Gasteiger partial charge is 0.317 e. The molecule has 2 atom stereocenters. The number of piperazine rings is 2. The number of nitrogens with zero attached hydrogens (tertiary/aromatic N) is 4. The number of nitrogens with two attached hydrogens (primary N) is 1. The first-order valence-corrected chi connectivity index (χ1v) is 13.8. The van der Waals surface area contributed by atoms with E-state index in [1.54, 1.807) is 42.2 Å². The first kappa shape index (κ1) is 27.9. The second-order valence-electron chi connectivity index (χ2n) is 10.2. The molecular weight excluding hydrogens is 538 g/mol. The summed E-state index contributed by atoms with van der Waals surface area (Å²) in [4.78, 5) is 58.9. The molecule has 0 spiro atoms. The van der Waals surface area contributed by atoms with E-state index in [1.165, 1.54) is 15.9 Å². The summed E-state index contributed by atoms with van der Waals surface area (Å²) in [5.41, 5.74) is 7.29. The highest BCUT2D eigenvalue weighted by Crippen LogP contribution is 2.42. The van der Waals surface area contributed by atoms with Crippen molar-refractivity contribution in [2.24, 2.45) is 5.92 Å². The van der Waals surface area contributed by atoms with Crippen LogP contribution in [0.15, 0.2) is 36.4 Å². The third-order valence-corrected chi connectivity index (χ3v) is 8.12. The summed E-state index contributed by atoms with van der Waals surface area (Å²) >= 11 is 6.12. The molecule has 40 heavy (non-hydrogen) atoms. The minimum Gasteiger partial charge on any atom is -0.424 e. The fourth-order valence-corrected chi connectivity index (χ4v) is 5.75. The molecule has 0 aromatic heterocycles. The van der Waals surface area contributed by atoms with Crippen molar-refractivity contribution in [2.75, 3.05) is 59.8 Å². The number of halogens is 1. The summed E-state index contributed by atoms with van der Waals surface area (Å²) in [5.74, 6) is -2.11. The van der Waals surface area contributed by atoms with Crippen LogP contribution in [0.25, 0.3) is 0 Å². The fraction of sp³-hybridized carbons (Fsp3) is 0.429. The Bertz CT molecular complexity index is 1350. The number of rotatable bonds is 7. The van der Waals surface area contributed by atoms with Gasteiger partial charge in [-0.25, -0.2) is 0 Å². The number of carbonyl (C=O) groups excluding carboxylic acids is 4. The van der Waals surface area contributed by atoms with Crippen molar-refractivity contribution in [1.29, 1.82) is 0 Å². The fourth-order valence-electron chi connectivity index (χ4n) is 5.58. The SMILES string of the molecule is CCC(=O)Oc1cccc(N2CCN(C3CCC3CO)CC2=O)c1N1CCN(c2cc(Cl)ccc2N)C(=O)C1=O. The first-order chi connectivity index (χ1) is 19.2. The van der Waals surface area contributed by atoms with Crippen molar-refractivity contribution in [1.82, 2.24) is 4.90 Å². The summed E-state index contributed by atoms with van der Waals surface area (Å²) in [7, 11) is 0. The van der Waals surface area contributed by atoms with E-state index in [0.29, 0.717) is 35.2 Å². The van der Waals surface area contributed by atoms with Crippen LogP contribution in [0.3, 0.4) is 0 Å². The molecule has 1 saturated carbocycles. The number of hydrogen-bond donors (Lipinski definition) is 2. The van der Waals surface area contributed by atoms with E-state index >= 15 is 0 Å². The zero-order chi connectivity index (χ0) is 28.6. The molecule has 11 nitrogen and oxygen atoms in total. The van der Waals surface area contributed by atoms with E-state index in [-0.39, 0.29) is 62.0 Å². The molecule has 2 aromatic carbocycles. The van der Waals surface area contributed by atoms with Gasteiger partial charge in [0.1, 0.15) is 5.69 Å². The van der Waals surface area contributed by atoms with Crippen molar-refractivity contribution >= 4 is 58.0 Å². The van der Waals surface area contributed by atoms with Crippen LogP contribution in [0.4, 0.5) is 22.7 Å². The number of esters is 1. The van der Waals surface area contributed by atoms with Gasteiger partial charge in [-0.15, -0.1) is 0 Å². The maximum absolute atomic E-state index is 13.6. The Morgan fingerprint density at radius 2 is 1.73 bits per heavy atom. The number of benzene rings is 2. The van der Waals surface area contributed by atoms with E-state index in [0.717, 1.165) is 12.8 Å². The molecule has 3 N–H and O–H groups in total. The predicted molar refractivity (Wildman–Crippen MR) is 150 cm³/mol. The topological polar surface area (TPSA) is 137 Å². The maximum Gasteiger partial charge on any atom is 0.317 e. The molecule has 12 heteroatoms. The standard InChI is InChI=1S/C28H32ClN5O6/c1-2-25(37)40-23-5-3-4-21(32-11-10-31(15-24(32)36)20-9-6-17(20)16-35)26(23)34-13-12-33(27(38)28(34)39)22-14-18(29)7-8-19(22)30/h3-5,7-8,14,17,20,35H,2,6,9-13,15-16,30H2,1H3. The average Bonchev–Trinajstić information content (AvgIpc) is 2.92. The molecular formula is C28H32ClN5O6. The number of para-hydroxylation sites is 1. The Labute approximate surface area is 237 Å². The third kappa shape index (κ3) is 5.12. The van der Waals surface area contributed by atoms with E-state index in [1.807, 2.05) is 0 Å². The van der Waals surface area contributed by atoms with Gasteiger partial charge in [0.15, 0.2) is 5.75 Å². The maximum atomic E-state index is 13.6. The molecule has 212 valence electrons. The molecule has 0 bridgehead atoms. The number of aliphatic hydroxyl groups excluding tert-OH is 1. The monoisotopic (exact) mass is 569 g/mol. The van der Waals surface area contributed by atoms with Crippen LogP contribution in [-0.2, 0) is 19.2 Å². The molecule has 1 aliphatic carbocycles. The summed E-state index contributed by atoms with van der Waals surface area (Å²) < 4.78 is 5.59. The van der Waals surface area contributed by atoms with Gasteiger partial charge in [0.25, 0.3) is 0 Å². The predicted octanol–water partition coefficient (Wildman–Crippen LogP) is 2.04. The summed E-state index contributed by atoms with van der Waals surface area (Å²) in [5, 5.41) is 9.98. The number of amides is 3. The first-order valence-electron chi connectivity index (χ1n) is 13.4. The van der Waals surface area contributed by atoms with Crippen molar-refractivity contribution in [2.45, 2.75) is 32.2 Å². The van der Waals surface area contributed by atoms with Crippen LogP contribution in [-0.4, -0.2) is 79.1 Å². The van der Waals surface area contributed by atoms with Gasteiger partial charge in [0.2, 0.25) is 5.91 Å². The van der Waals surface area contributed by atoms with Crippen molar-refractivity contribution in [3.8, 4) is 5.75 Å². The van der Waals surface area contributed by atoms with E-state index in [9.17, 15) is 24.3 Å². The van der Waals surface area contributed by atoms with Gasteiger partial charge in [0.05, 0.1) is 23.6 Å². The molecule has 5 rings (SSSR count). The number of anilines is 4. The largest absolute Gasteiger partial charge is 0.424 e. The van der Waals surface area contributed by atoms with Gasteiger partial charge in [-0.1, -0.05) is 24.6 Å². The molecule has 2 aliphatic heterocycles. The molecule has 2 unspecified atom stereocenters. The van der Waals surface area contributed by atoms with Gasteiger partial charge < -0.3 is 25.4 Å². The quantitative estimate of drug-likeness (QED) is 0.224. The Morgan fingerprint density at radius 1 is 1.00 bits per heavy atom.